The number of carbonyl (C=O) groups excluding carboxylic acids is 1. The molecule has 0 aromatic carbocycles. The highest BCUT2D eigenvalue weighted by molar-refractivity contribution is 5.81. The van der Waals surface area contributed by atoms with Crippen molar-refractivity contribution < 1.29 is 19.4 Å². The predicted octanol–water partition coefficient (Wildman–Crippen LogP) is 9.34. The first kappa shape index (κ1) is 32.0. The van der Waals surface area contributed by atoms with Crippen LogP contribution in [0.3, 0.4) is 0 Å². The van der Waals surface area contributed by atoms with Crippen LogP contribution in [0.15, 0.2) is 0 Å². The predicted molar refractivity (Wildman–Crippen MR) is 147 cm³/mol. The molecule has 0 bridgehead atoms. The van der Waals surface area contributed by atoms with E-state index in [0.717, 1.165) is 44.9 Å². The first-order chi connectivity index (χ1) is 16.6. The lowest BCUT2D eigenvalue weighted by atomic mass is 9.79. The van der Waals surface area contributed by atoms with Gasteiger partial charge in [0.05, 0.1) is 11.8 Å². The van der Waals surface area contributed by atoms with Gasteiger partial charge in [-0.05, 0) is 56.3 Å². The molecule has 0 aromatic heterocycles. The molecule has 0 amide bonds. The van der Waals surface area contributed by atoms with Crippen LogP contribution in [-0.2, 0) is 14.3 Å². The molecule has 1 fully saturated rings. The van der Waals surface area contributed by atoms with Gasteiger partial charge in [-0.25, -0.2) is 0 Å². The molecular weight excluding hydrogens is 436 g/mol. The molecular formula is C31H58O4. The Morgan fingerprint density at radius 3 is 1.83 bits per heavy atom. The number of unbranched alkanes of at least 4 members (excludes halogenated alkanes) is 10. The molecule has 4 atom stereocenters. The van der Waals surface area contributed by atoms with Gasteiger partial charge >= 0.3 is 11.9 Å². The number of carboxylic acid groups (broad SMARTS) is 1. The third-order valence-corrected chi connectivity index (χ3v) is 7.74. The number of ether oxygens (including phenoxy) is 1. The lowest BCUT2D eigenvalue weighted by Crippen LogP contribution is -2.35. The molecule has 0 heterocycles. The minimum absolute atomic E-state index is 0.0696. The Balaban J connectivity index is 2.45. The topological polar surface area (TPSA) is 63.6 Å². The molecule has 0 aliphatic heterocycles. The first-order valence-electron chi connectivity index (χ1n) is 15.1. The number of carbonyl (C=O) groups is 2. The van der Waals surface area contributed by atoms with Crippen LogP contribution in [0.2, 0.25) is 0 Å². The van der Waals surface area contributed by atoms with Gasteiger partial charge in [-0.15, -0.1) is 0 Å². The standard InChI is InChI=1S/C31H58O4/c1-6-7-8-9-10-11-12-13-14-15-16-19-26(23-22-25(2)24-31(3,4)5)35-30(34)28-21-18-17-20-27(28)29(32)33/h25-28H,6-24H2,1-5H3,(H,32,33). The summed E-state index contributed by atoms with van der Waals surface area (Å²) in [5.74, 6) is -1.54. The molecule has 0 radical (unpaired) electrons. The Morgan fingerprint density at radius 2 is 1.31 bits per heavy atom. The van der Waals surface area contributed by atoms with E-state index in [-0.39, 0.29) is 12.1 Å². The van der Waals surface area contributed by atoms with E-state index in [9.17, 15) is 14.7 Å². The first-order valence-corrected chi connectivity index (χ1v) is 15.1. The van der Waals surface area contributed by atoms with E-state index >= 15 is 0 Å². The zero-order chi connectivity index (χ0) is 26.1. The van der Waals surface area contributed by atoms with Gasteiger partial charge < -0.3 is 9.84 Å². The van der Waals surface area contributed by atoms with Gasteiger partial charge in [0.25, 0.3) is 0 Å². The van der Waals surface area contributed by atoms with Crippen molar-refractivity contribution in [3.05, 3.63) is 0 Å². The second-order valence-corrected chi connectivity index (χ2v) is 12.7. The van der Waals surface area contributed by atoms with Gasteiger partial charge in [-0.3, -0.25) is 9.59 Å². The Morgan fingerprint density at radius 1 is 0.800 bits per heavy atom. The Bertz CT molecular complexity index is 565. The molecule has 206 valence electrons. The van der Waals surface area contributed by atoms with Crippen LogP contribution < -0.4 is 0 Å². The normalized spacial score (nSPS) is 20.4. The Hall–Kier alpha value is -1.06. The molecule has 0 spiro atoms. The largest absolute Gasteiger partial charge is 0.481 e. The highest BCUT2D eigenvalue weighted by atomic mass is 16.5. The number of hydrogen-bond donors (Lipinski definition) is 1. The van der Waals surface area contributed by atoms with Gasteiger partial charge in [-0.2, -0.15) is 0 Å². The maximum Gasteiger partial charge on any atom is 0.310 e. The van der Waals surface area contributed by atoms with Crippen molar-refractivity contribution in [2.45, 2.75) is 163 Å². The SMILES string of the molecule is CCCCCCCCCCCCCC(CCC(C)CC(C)(C)C)OC(=O)C1CCCCC1C(=O)O. The summed E-state index contributed by atoms with van der Waals surface area (Å²) in [6.45, 7) is 11.4. The minimum atomic E-state index is -0.840. The van der Waals surface area contributed by atoms with Crippen LogP contribution in [0, 0.1) is 23.2 Å². The highest BCUT2D eigenvalue weighted by Gasteiger charge is 2.37. The van der Waals surface area contributed by atoms with E-state index < -0.39 is 17.8 Å². The summed E-state index contributed by atoms with van der Waals surface area (Å²) in [6, 6.07) is 0. The molecule has 0 saturated heterocycles. The average Bonchev–Trinajstić information content (AvgIpc) is 2.79. The smallest absolute Gasteiger partial charge is 0.310 e. The second-order valence-electron chi connectivity index (χ2n) is 12.7. The number of esters is 1. The van der Waals surface area contributed by atoms with Gasteiger partial charge in [-0.1, -0.05) is 112 Å². The van der Waals surface area contributed by atoms with Crippen molar-refractivity contribution in [3.63, 3.8) is 0 Å². The van der Waals surface area contributed by atoms with E-state index in [1.807, 2.05) is 0 Å². The zero-order valence-corrected chi connectivity index (χ0v) is 23.9. The summed E-state index contributed by atoms with van der Waals surface area (Å²) in [6.07, 6.45) is 21.4. The fourth-order valence-corrected chi connectivity index (χ4v) is 5.88. The van der Waals surface area contributed by atoms with Gasteiger partial charge in [0.2, 0.25) is 0 Å². The number of rotatable bonds is 19. The molecule has 4 nitrogen and oxygen atoms in total. The molecule has 35 heavy (non-hydrogen) atoms. The molecule has 4 heteroatoms. The van der Waals surface area contributed by atoms with Gasteiger partial charge in [0.1, 0.15) is 6.10 Å². The summed E-state index contributed by atoms with van der Waals surface area (Å²) in [4.78, 5) is 24.7. The van der Waals surface area contributed by atoms with Crippen LogP contribution in [0.4, 0.5) is 0 Å². The van der Waals surface area contributed by atoms with E-state index in [1.54, 1.807) is 0 Å². The third-order valence-electron chi connectivity index (χ3n) is 7.74. The van der Waals surface area contributed by atoms with Crippen molar-refractivity contribution in [2.75, 3.05) is 0 Å². The van der Waals surface area contributed by atoms with Crippen LogP contribution in [0.5, 0.6) is 0 Å². The molecule has 1 aliphatic rings. The van der Waals surface area contributed by atoms with E-state index in [0.29, 0.717) is 24.2 Å². The van der Waals surface area contributed by atoms with Gasteiger partial charge in [0, 0.05) is 0 Å². The van der Waals surface area contributed by atoms with Crippen molar-refractivity contribution >= 4 is 11.9 Å². The quantitative estimate of drug-likeness (QED) is 0.143. The Kier molecular flexibility index (Phi) is 16.6. The maximum atomic E-state index is 13.0. The summed E-state index contributed by atoms with van der Waals surface area (Å²) in [7, 11) is 0. The van der Waals surface area contributed by atoms with Crippen LogP contribution in [0.1, 0.15) is 157 Å². The van der Waals surface area contributed by atoms with Crippen LogP contribution >= 0.6 is 0 Å². The van der Waals surface area contributed by atoms with Gasteiger partial charge in [0.15, 0.2) is 0 Å². The van der Waals surface area contributed by atoms with Crippen molar-refractivity contribution in [2.24, 2.45) is 23.2 Å². The van der Waals surface area contributed by atoms with E-state index in [2.05, 4.69) is 34.6 Å². The Labute approximate surface area is 217 Å². The number of hydrogen-bond acceptors (Lipinski definition) is 3. The number of aliphatic carboxylic acids is 1. The summed E-state index contributed by atoms with van der Waals surface area (Å²) >= 11 is 0. The summed E-state index contributed by atoms with van der Waals surface area (Å²) in [5.41, 5.74) is 0.304. The van der Waals surface area contributed by atoms with Crippen molar-refractivity contribution in [1.82, 2.24) is 0 Å². The van der Waals surface area contributed by atoms with E-state index in [1.165, 1.54) is 64.2 Å². The second kappa shape index (κ2) is 18.2. The average molecular weight is 495 g/mol. The molecule has 1 N–H and O–H groups in total. The fraction of sp³-hybridized carbons (Fsp3) is 0.935. The third kappa shape index (κ3) is 15.6. The maximum absolute atomic E-state index is 13.0. The zero-order valence-electron chi connectivity index (χ0n) is 23.9. The van der Waals surface area contributed by atoms with Crippen LogP contribution in [0.25, 0.3) is 0 Å². The lowest BCUT2D eigenvalue weighted by molar-refractivity contribution is -0.164. The van der Waals surface area contributed by atoms with Crippen molar-refractivity contribution in [3.8, 4) is 0 Å². The summed E-state index contributed by atoms with van der Waals surface area (Å²) in [5, 5.41) is 9.58. The van der Waals surface area contributed by atoms with E-state index in [4.69, 9.17) is 4.74 Å². The lowest BCUT2D eigenvalue weighted by Gasteiger charge is -2.29. The molecule has 4 unspecified atom stereocenters. The molecule has 1 aliphatic carbocycles. The monoisotopic (exact) mass is 494 g/mol. The number of carboxylic acids is 1. The molecule has 1 saturated carbocycles. The summed E-state index contributed by atoms with van der Waals surface area (Å²) < 4.78 is 6.04. The minimum Gasteiger partial charge on any atom is -0.481 e. The molecule has 0 aromatic rings. The highest BCUT2D eigenvalue weighted by Crippen LogP contribution is 2.33. The molecule has 1 rings (SSSR count). The van der Waals surface area contributed by atoms with Crippen LogP contribution in [-0.4, -0.2) is 23.1 Å². The fourth-order valence-electron chi connectivity index (χ4n) is 5.88. The van der Waals surface area contributed by atoms with Crippen molar-refractivity contribution in [1.29, 1.82) is 0 Å².